The second-order valence-electron chi connectivity index (χ2n) is 4.95. The van der Waals surface area contributed by atoms with Crippen LogP contribution in [0.15, 0.2) is 0 Å². The Labute approximate surface area is 118 Å². The topological polar surface area (TPSA) is 124 Å². The molecule has 0 saturated carbocycles. The van der Waals surface area contributed by atoms with Crippen LogP contribution in [-0.4, -0.2) is 56.8 Å². The van der Waals surface area contributed by atoms with Crippen molar-refractivity contribution >= 4 is 11.9 Å². The van der Waals surface area contributed by atoms with Gasteiger partial charge in [0.15, 0.2) is 0 Å². The Balaban J connectivity index is 0.000000361. The minimum atomic E-state index is -1.05. The summed E-state index contributed by atoms with van der Waals surface area (Å²) in [5.74, 6) is -1.32. The van der Waals surface area contributed by atoms with E-state index in [0.29, 0.717) is 6.42 Å². The molecule has 1 rings (SSSR count). The zero-order chi connectivity index (χ0) is 15.7. The molecule has 118 valence electrons. The van der Waals surface area contributed by atoms with Gasteiger partial charge in [-0.3, -0.25) is 9.59 Å². The highest BCUT2D eigenvalue weighted by atomic mass is 16.5. The summed E-state index contributed by atoms with van der Waals surface area (Å²) in [5.41, 5.74) is 0. The van der Waals surface area contributed by atoms with Gasteiger partial charge >= 0.3 is 11.9 Å². The second kappa shape index (κ2) is 9.68. The summed E-state index contributed by atoms with van der Waals surface area (Å²) in [6.07, 6.45) is -0.743. The third-order valence-corrected chi connectivity index (χ3v) is 2.71. The number of carbonyl (C=O) groups is 2. The first-order chi connectivity index (χ1) is 9.24. The summed E-state index contributed by atoms with van der Waals surface area (Å²) < 4.78 is 4.91. The number of hydrogen-bond donors (Lipinski definition) is 4. The standard InChI is InChI=1S/C7H12O3.C6H12O4/c1-2-6-3-5(8)4-7(9)10-6;1-4(7)2-5(8)3-6(9)10/h5-6,8H,2-4H2,1H3;4-5,7-8H,2-3H2,1H3,(H,9,10)/t5-,6?;4?,5-/m11/s1. The molecule has 0 aromatic rings. The van der Waals surface area contributed by atoms with Gasteiger partial charge in [0.25, 0.3) is 0 Å². The fraction of sp³-hybridized carbons (Fsp3) is 0.846. The molecule has 7 nitrogen and oxygen atoms in total. The molecule has 0 radical (unpaired) electrons. The van der Waals surface area contributed by atoms with Gasteiger partial charge in [-0.1, -0.05) is 6.92 Å². The van der Waals surface area contributed by atoms with E-state index in [1.165, 1.54) is 6.92 Å². The average molecular weight is 292 g/mol. The van der Waals surface area contributed by atoms with Crippen molar-refractivity contribution in [3.05, 3.63) is 0 Å². The first-order valence-electron chi connectivity index (χ1n) is 6.70. The highest BCUT2D eigenvalue weighted by Crippen LogP contribution is 2.16. The SMILES string of the molecule is CC(O)C[C@@H](O)CC(=O)O.CCC1C[C@@H](O)CC(=O)O1. The Morgan fingerprint density at radius 3 is 2.45 bits per heavy atom. The Morgan fingerprint density at radius 1 is 1.45 bits per heavy atom. The van der Waals surface area contributed by atoms with E-state index in [2.05, 4.69) is 0 Å². The van der Waals surface area contributed by atoms with Gasteiger partial charge in [0.2, 0.25) is 0 Å². The minimum Gasteiger partial charge on any atom is -0.481 e. The number of rotatable bonds is 5. The Kier molecular flexibility index (Phi) is 9.11. The summed E-state index contributed by atoms with van der Waals surface area (Å²) in [4.78, 5) is 20.6. The van der Waals surface area contributed by atoms with E-state index in [4.69, 9.17) is 25.2 Å². The lowest BCUT2D eigenvalue weighted by Crippen LogP contribution is -2.31. The van der Waals surface area contributed by atoms with E-state index in [9.17, 15) is 9.59 Å². The van der Waals surface area contributed by atoms with E-state index >= 15 is 0 Å². The maximum Gasteiger partial charge on any atom is 0.308 e. The Hall–Kier alpha value is -1.18. The molecule has 1 fully saturated rings. The molecule has 1 saturated heterocycles. The number of carbonyl (C=O) groups excluding carboxylic acids is 1. The Morgan fingerprint density at radius 2 is 2.05 bits per heavy atom. The van der Waals surface area contributed by atoms with Crippen LogP contribution < -0.4 is 0 Å². The van der Waals surface area contributed by atoms with E-state index in [1.807, 2.05) is 6.92 Å². The zero-order valence-electron chi connectivity index (χ0n) is 11.9. The highest BCUT2D eigenvalue weighted by molar-refractivity contribution is 5.70. The van der Waals surface area contributed by atoms with Crippen molar-refractivity contribution in [2.45, 2.75) is 70.4 Å². The minimum absolute atomic E-state index is 0.0590. The van der Waals surface area contributed by atoms with Crippen LogP contribution in [0.2, 0.25) is 0 Å². The van der Waals surface area contributed by atoms with Crippen LogP contribution >= 0.6 is 0 Å². The van der Waals surface area contributed by atoms with Crippen LogP contribution in [0, 0.1) is 0 Å². The van der Waals surface area contributed by atoms with Crippen molar-refractivity contribution in [2.75, 3.05) is 0 Å². The summed E-state index contributed by atoms with van der Waals surface area (Å²) >= 11 is 0. The number of hydrogen-bond acceptors (Lipinski definition) is 6. The first-order valence-corrected chi connectivity index (χ1v) is 6.70. The zero-order valence-corrected chi connectivity index (χ0v) is 11.9. The van der Waals surface area contributed by atoms with Gasteiger partial charge in [-0.15, -0.1) is 0 Å². The van der Waals surface area contributed by atoms with Crippen LogP contribution in [0.1, 0.15) is 46.0 Å². The molecule has 7 heteroatoms. The molecule has 4 N–H and O–H groups in total. The van der Waals surface area contributed by atoms with Crippen molar-refractivity contribution in [1.29, 1.82) is 0 Å². The molecule has 4 atom stereocenters. The second-order valence-corrected chi connectivity index (χ2v) is 4.95. The van der Waals surface area contributed by atoms with E-state index in [0.717, 1.165) is 6.42 Å². The van der Waals surface area contributed by atoms with Crippen molar-refractivity contribution < 1.29 is 34.8 Å². The van der Waals surface area contributed by atoms with Gasteiger partial charge in [-0.05, 0) is 19.8 Å². The number of aliphatic hydroxyl groups is 3. The molecular weight excluding hydrogens is 268 g/mol. The summed E-state index contributed by atoms with van der Waals surface area (Å²) in [6.45, 7) is 3.45. The summed E-state index contributed by atoms with van der Waals surface area (Å²) in [7, 11) is 0. The fourth-order valence-corrected chi connectivity index (χ4v) is 1.79. The molecule has 0 aliphatic carbocycles. The van der Waals surface area contributed by atoms with Crippen molar-refractivity contribution in [3.63, 3.8) is 0 Å². The van der Waals surface area contributed by atoms with Crippen molar-refractivity contribution in [3.8, 4) is 0 Å². The molecule has 1 aliphatic heterocycles. The largest absolute Gasteiger partial charge is 0.481 e. The lowest BCUT2D eigenvalue weighted by molar-refractivity contribution is -0.160. The monoisotopic (exact) mass is 292 g/mol. The molecule has 0 amide bonds. The lowest BCUT2D eigenvalue weighted by Gasteiger charge is -2.24. The van der Waals surface area contributed by atoms with Gasteiger partial charge in [-0.25, -0.2) is 0 Å². The van der Waals surface area contributed by atoms with Crippen LogP contribution in [0.5, 0.6) is 0 Å². The van der Waals surface area contributed by atoms with Gasteiger partial charge in [-0.2, -0.15) is 0 Å². The third kappa shape index (κ3) is 9.71. The van der Waals surface area contributed by atoms with Crippen molar-refractivity contribution in [2.24, 2.45) is 0 Å². The molecule has 0 aromatic carbocycles. The third-order valence-electron chi connectivity index (χ3n) is 2.71. The summed E-state index contributed by atoms with van der Waals surface area (Å²) in [6, 6.07) is 0. The number of carboxylic acid groups (broad SMARTS) is 1. The Bertz CT molecular complexity index is 303. The molecular formula is C13H24O7. The summed E-state index contributed by atoms with van der Waals surface area (Å²) in [5, 5.41) is 34.8. The van der Waals surface area contributed by atoms with Crippen LogP contribution in [0.4, 0.5) is 0 Å². The van der Waals surface area contributed by atoms with Crippen LogP contribution in [0.3, 0.4) is 0 Å². The predicted molar refractivity (Wildman–Crippen MR) is 70.0 cm³/mol. The number of cyclic esters (lactones) is 1. The average Bonchev–Trinajstić information content (AvgIpc) is 2.25. The van der Waals surface area contributed by atoms with Gasteiger partial charge in [0, 0.05) is 6.42 Å². The number of ether oxygens (including phenoxy) is 1. The number of aliphatic hydroxyl groups excluding tert-OH is 3. The molecule has 20 heavy (non-hydrogen) atoms. The number of carboxylic acids is 1. The van der Waals surface area contributed by atoms with E-state index in [1.54, 1.807) is 0 Å². The maximum absolute atomic E-state index is 10.7. The molecule has 0 bridgehead atoms. The normalized spacial score (nSPS) is 24.9. The highest BCUT2D eigenvalue weighted by Gasteiger charge is 2.25. The van der Waals surface area contributed by atoms with Gasteiger partial charge < -0.3 is 25.2 Å². The van der Waals surface area contributed by atoms with Crippen LogP contribution in [-0.2, 0) is 14.3 Å². The lowest BCUT2D eigenvalue weighted by atomic mass is 10.0. The van der Waals surface area contributed by atoms with E-state index < -0.39 is 24.3 Å². The molecule has 0 spiro atoms. The van der Waals surface area contributed by atoms with Gasteiger partial charge in [0.05, 0.1) is 31.2 Å². The molecule has 1 heterocycles. The smallest absolute Gasteiger partial charge is 0.308 e. The number of aliphatic carboxylic acids is 1. The number of esters is 1. The maximum atomic E-state index is 10.7. The van der Waals surface area contributed by atoms with Crippen LogP contribution in [0.25, 0.3) is 0 Å². The van der Waals surface area contributed by atoms with Gasteiger partial charge in [0.1, 0.15) is 6.10 Å². The molecule has 0 aromatic heterocycles. The fourth-order valence-electron chi connectivity index (χ4n) is 1.79. The predicted octanol–water partition coefficient (Wildman–Crippen LogP) is 0.0558. The quantitative estimate of drug-likeness (QED) is 0.528. The van der Waals surface area contributed by atoms with Crippen molar-refractivity contribution in [1.82, 2.24) is 0 Å². The molecule has 1 aliphatic rings. The van der Waals surface area contributed by atoms with E-state index in [-0.39, 0.29) is 31.3 Å². The molecule has 2 unspecified atom stereocenters. The first kappa shape index (κ1) is 18.8.